The Labute approximate surface area is 167 Å². The number of benzene rings is 2. The van der Waals surface area contributed by atoms with Crippen LogP contribution in [0.25, 0.3) is 16.4 Å². The van der Waals surface area contributed by atoms with Gasteiger partial charge in [-0.05, 0) is 58.3 Å². The molecule has 0 aliphatic carbocycles. The number of nitrogens with zero attached hydrogens (tertiary/aromatic N) is 3. The van der Waals surface area contributed by atoms with E-state index in [-0.39, 0.29) is 11.7 Å². The van der Waals surface area contributed by atoms with E-state index in [4.69, 9.17) is 0 Å². The summed E-state index contributed by atoms with van der Waals surface area (Å²) in [6.45, 7) is 0. The van der Waals surface area contributed by atoms with Crippen molar-refractivity contribution in [3.05, 3.63) is 81.5 Å². The number of halogens is 1. The third-order valence-electron chi connectivity index (χ3n) is 3.67. The van der Waals surface area contributed by atoms with E-state index in [9.17, 15) is 4.79 Å². The minimum absolute atomic E-state index is 0.136. The summed E-state index contributed by atoms with van der Waals surface area (Å²) < 4.78 is 2.66. The van der Waals surface area contributed by atoms with Crippen LogP contribution < -0.4 is 5.32 Å². The molecule has 1 amide bonds. The molecule has 7 heteroatoms. The number of amides is 1. The molecule has 2 heterocycles. The van der Waals surface area contributed by atoms with Crippen LogP contribution in [0.3, 0.4) is 0 Å². The van der Waals surface area contributed by atoms with E-state index in [1.54, 1.807) is 16.0 Å². The molecule has 0 aliphatic rings. The predicted molar refractivity (Wildman–Crippen MR) is 112 cm³/mol. The van der Waals surface area contributed by atoms with Crippen LogP contribution in [-0.4, -0.2) is 20.7 Å². The molecular weight excluding hydrogens is 459 g/mol. The maximum Gasteiger partial charge on any atom is 0.295 e. The van der Waals surface area contributed by atoms with Crippen LogP contribution in [0.2, 0.25) is 0 Å². The maximum atomic E-state index is 12.7. The smallest absolute Gasteiger partial charge is 0.295 e. The number of hydrogen-bond donors (Lipinski definition) is 1. The van der Waals surface area contributed by atoms with E-state index in [0.29, 0.717) is 5.82 Å². The Morgan fingerprint density at radius 1 is 1.00 bits per heavy atom. The summed E-state index contributed by atoms with van der Waals surface area (Å²) in [5.41, 5.74) is 1.60. The second kappa shape index (κ2) is 7.38. The van der Waals surface area contributed by atoms with E-state index in [1.165, 1.54) is 0 Å². The normalized spacial score (nSPS) is 10.7. The molecule has 128 valence electrons. The highest BCUT2D eigenvalue weighted by Gasteiger charge is 2.19. The van der Waals surface area contributed by atoms with E-state index < -0.39 is 0 Å². The Morgan fingerprint density at radius 2 is 1.77 bits per heavy atom. The van der Waals surface area contributed by atoms with Crippen LogP contribution in [0.15, 0.2) is 72.1 Å². The van der Waals surface area contributed by atoms with Crippen molar-refractivity contribution >= 4 is 45.5 Å². The standard InChI is InChI=1S/C19H13IN4OS/c20-14-9-4-5-10-15(14)21-19(25)17-22-18(16-11-6-12-26-16)24(23-17)13-7-2-1-3-8-13/h1-12H,(H,21,25). The highest BCUT2D eigenvalue weighted by atomic mass is 127. The molecule has 0 atom stereocenters. The summed E-state index contributed by atoms with van der Waals surface area (Å²) >= 11 is 3.74. The summed E-state index contributed by atoms with van der Waals surface area (Å²) in [5, 5.41) is 9.32. The molecular formula is C19H13IN4OS. The zero-order valence-corrected chi connectivity index (χ0v) is 16.4. The fourth-order valence-electron chi connectivity index (χ4n) is 2.46. The van der Waals surface area contributed by atoms with Gasteiger partial charge >= 0.3 is 0 Å². The summed E-state index contributed by atoms with van der Waals surface area (Å²) in [6.07, 6.45) is 0. The zero-order chi connectivity index (χ0) is 17.9. The van der Waals surface area contributed by atoms with Crippen molar-refractivity contribution in [2.45, 2.75) is 0 Å². The third-order valence-corrected chi connectivity index (χ3v) is 5.48. The lowest BCUT2D eigenvalue weighted by atomic mass is 10.3. The molecule has 2 aromatic heterocycles. The molecule has 1 N–H and O–H groups in total. The first kappa shape index (κ1) is 16.9. The Morgan fingerprint density at radius 3 is 2.50 bits per heavy atom. The first-order valence-corrected chi connectivity index (χ1v) is 9.80. The molecule has 0 saturated carbocycles. The van der Waals surface area contributed by atoms with E-state index in [2.05, 4.69) is 38.0 Å². The molecule has 2 aromatic carbocycles. The number of hydrogen-bond acceptors (Lipinski definition) is 4. The van der Waals surface area contributed by atoms with E-state index in [0.717, 1.165) is 19.8 Å². The monoisotopic (exact) mass is 472 g/mol. The van der Waals surface area contributed by atoms with Crippen molar-refractivity contribution < 1.29 is 4.79 Å². The van der Waals surface area contributed by atoms with Crippen LogP contribution in [0.1, 0.15) is 10.6 Å². The number of rotatable bonds is 4. The molecule has 0 bridgehead atoms. The molecule has 4 rings (SSSR count). The number of carbonyl (C=O) groups is 1. The van der Waals surface area contributed by atoms with Gasteiger partial charge in [-0.1, -0.05) is 36.4 Å². The molecule has 0 fully saturated rings. The first-order chi connectivity index (χ1) is 12.7. The molecule has 26 heavy (non-hydrogen) atoms. The number of carbonyl (C=O) groups excluding carboxylic acids is 1. The van der Waals surface area contributed by atoms with Crippen LogP contribution >= 0.6 is 33.9 Å². The Bertz CT molecular complexity index is 1040. The quantitative estimate of drug-likeness (QED) is 0.432. The largest absolute Gasteiger partial charge is 0.318 e. The van der Waals surface area contributed by atoms with Crippen molar-refractivity contribution in [1.82, 2.24) is 14.8 Å². The summed E-state index contributed by atoms with van der Waals surface area (Å²) in [5.74, 6) is 0.456. The fraction of sp³-hybridized carbons (Fsp3) is 0. The maximum absolute atomic E-state index is 12.7. The Kier molecular flexibility index (Phi) is 4.81. The lowest BCUT2D eigenvalue weighted by molar-refractivity contribution is 0.101. The van der Waals surface area contributed by atoms with Crippen LogP contribution in [-0.2, 0) is 0 Å². The molecule has 0 unspecified atom stereocenters. The molecule has 5 nitrogen and oxygen atoms in total. The van der Waals surface area contributed by atoms with Crippen molar-refractivity contribution in [1.29, 1.82) is 0 Å². The van der Waals surface area contributed by atoms with Crippen molar-refractivity contribution in [2.75, 3.05) is 5.32 Å². The Balaban J connectivity index is 1.74. The SMILES string of the molecule is O=C(Nc1ccccc1I)c1nc(-c2cccs2)n(-c2ccccc2)n1. The average Bonchev–Trinajstić information content (AvgIpc) is 3.34. The fourth-order valence-corrected chi connectivity index (χ4v) is 3.68. The predicted octanol–water partition coefficient (Wildman–Crippen LogP) is 4.85. The van der Waals surface area contributed by atoms with Gasteiger partial charge in [-0.25, -0.2) is 9.67 Å². The summed E-state index contributed by atoms with van der Waals surface area (Å²) in [6, 6.07) is 21.2. The van der Waals surface area contributed by atoms with Gasteiger partial charge < -0.3 is 5.32 Å². The van der Waals surface area contributed by atoms with E-state index >= 15 is 0 Å². The first-order valence-electron chi connectivity index (χ1n) is 7.84. The van der Waals surface area contributed by atoms with Gasteiger partial charge in [-0.15, -0.1) is 16.4 Å². The number of thiophene rings is 1. The molecule has 0 radical (unpaired) electrons. The van der Waals surface area contributed by atoms with Gasteiger partial charge in [0.25, 0.3) is 5.91 Å². The lowest BCUT2D eigenvalue weighted by Gasteiger charge is -2.04. The van der Waals surface area contributed by atoms with E-state index in [1.807, 2.05) is 72.1 Å². The zero-order valence-electron chi connectivity index (χ0n) is 13.5. The minimum atomic E-state index is -0.332. The highest BCUT2D eigenvalue weighted by Crippen LogP contribution is 2.26. The summed E-state index contributed by atoms with van der Waals surface area (Å²) in [4.78, 5) is 18.1. The molecule has 0 spiro atoms. The minimum Gasteiger partial charge on any atom is -0.318 e. The number of nitrogens with one attached hydrogen (secondary N) is 1. The van der Waals surface area contributed by atoms with Gasteiger partial charge in [0, 0.05) is 3.57 Å². The molecule has 0 aliphatic heterocycles. The second-order valence-corrected chi connectivity index (χ2v) is 7.53. The van der Waals surface area contributed by atoms with Crippen molar-refractivity contribution in [2.24, 2.45) is 0 Å². The van der Waals surface area contributed by atoms with Crippen LogP contribution in [0, 0.1) is 3.57 Å². The van der Waals surface area contributed by atoms with Gasteiger partial charge in [0.05, 0.1) is 16.3 Å². The Hall–Kier alpha value is -2.52. The molecule has 0 saturated heterocycles. The van der Waals surface area contributed by atoms with Crippen molar-refractivity contribution in [3.63, 3.8) is 0 Å². The lowest BCUT2D eigenvalue weighted by Crippen LogP contribution is -2.15. The third kappa shape index (κ3) is 3.40. The summed E-state index contributed by atoms with van der Waals surface area (Å²) in [7, 11) is 0. The van der Waals surface area contributed by atoms with Gasteiger partial charge in [-0.2, -0.15) is 0 Å². The number of para-hydroxylation sites is 2. The van der Waals surface area contributed by atoms with Gasteiger partial charge in [0.1, 0.15) is 0 Å². The number of anilines is 1. The van der Waals surface area contributed by atoms with Crippen LogP contribution in [0.5, 0.6) is 0 Å². The van der Waals surface area contributed by atoms with Gasteiger partial charge in [-0.3, -0.25) is 4.79 Å². The number of aromatic nitrogens is 3. The van der Waals surface area contributed by atoms with Gasteiger partial charge in [0.2, 0.25) is 5.82 Å². The highest BCUT2D eigenvalue weighted by molar-refractivity contribution is 14.1. The van der Waals surface area contributed by atoms with Gasteiger partial charge in [0.15, 0.2) is 5.82 Å². The van der Waals surface area contributed by atoms with Crippen molar-refractivity contribution in [3.8, 4) is 16.4 Å². The second-order valence-electron chi connectivity index (χ2n) is 5.42. The molecule has 4 aromatic rings. The average molecular weight is 472 g/mol. The van der Waals surface area contributed by atoms with Crippen LogP contribution in [0.4, 0.5) is 5.69 Å². The topological polar surface area (TPSA) is 59.8 Å².